The molecule has 3 nitrogen and oxygen atoms in total. The van der Waals surface area contributed by atoms with Gasteiger partial charge in [-0.1, -0.05) is 28.1 Å². The molecule has 0 radical (unpaired) electrons. The van der Waals surface area contributed by atoms with Gasteiger partial charge in [0.05, 0.1) is 23.7 Å². The van der Waals surface area contributed by atoms with Gasteiger partial charge in [-0.15, -0.1) is 0 Å². The standard InChI is InChI=1S/C16H18BrNO2/c17-11-3-1-10(2-4-11)16(7-8-16)18-15(19)13-9-12-5-6-14(13)20-12/h1-4,12-14H,5-9H2,(H,18,19). The van der Waals surface area contributed by atoms with Crippen molar-refractivity contribution in [3.05, 3.63) is 34.3 Å². The maximum absolute atomic E-state index is 12.5. The molecule has 20 heavy (non-hydrogen) atoms. The summed E-state index contributed by atoms with van der Waals surface area (Å²) in [4.78, 5) is 12.5. The Morgan fingerprint density at radius 3 is 2.55 bits per heavy atom. The number of nitrogens with one attached hydrogen (secondary N) is 1. The molecular formula is C16H18BrNO2. The second-order valence-corrected chi connectivity index (χ2v) is 7.21. The lowest BCUT2D eigenvalue weighted by molar-refractivity contribution is -0.127. The molecule has 106 valence electrons. The van der Waals surface area contributed by atoms with E-state index in [0.717, 1.165) is 36.6 Å². The summed E-state index contributed by atoms with van der Waals surface area (Å²) in [7, 11) is 0. The SMILES string of the molecule is O=C(NC1(c2ccc(Br)cc2)CC1)C1CC2CCC1O2. The number of amides is 1. The molecule has 1 N–H and O–H groups in total. The van der Waals surface area contributed by atoms with Gasteiger partial charge in [0.2, 0.25) is 5.91 Å². The lowest BCUT2D eigenvalue weighted by atomic mass is 9.88. The third-order valence-corrected chi connectivity index (χ3v) is 5.48. The Balaban J connectivity index is 1.48. The number of hydrogen-bond donors (Lipinski definition) is 1. The van der Waals surface area contributed by atoms with Crippen molar-refractivity contribution in [3.8, 4) is 0 Å². The highest BCUT2D eigenvalue weighted by Gasteiger charge is 2.50. The Bertz CT molecular complexity index is 538. The maximum Gasteiger partial charge on any atom is 0.226 e. The van der Waals surface area contributed by atoms with Gasteiger partial charge in [0.15, 0.2) is 0 Å². The summed E-state index contributed by atoms with van der Waals surface area (Å²) in [6.45, 7) is 0. The van der Waals surface area contributed by atoms with Gasteiger partial charge in [-0.2, -0.15) is 0 Å². The zero-order chi connectivity index (χ0) is 13.7. The molecular weight excluding hydrogens is 318 g/mol. The average Bonchev–Trinajstić information content (AvgIpc) is 2.93. The Kier molecular flexibility index (Phi) is 2.93. The van der Waals surface area contributed by atoms with Gasteiger partial charge in [0.1, 0.15) is 0 Å². The highest BCUT2D eigenvalue weighted by molar-refractivity contribution is 9.10. The van der Waals surface area contributed by atoms with Crippen molar-refractivity contribution in [1.82, 2.24) is 5.32 Å². The summed E-state index contributed by atoms with van der Waals surface area (Å²) in [6, 6.07) is 8.30. The molecule has 3 unspecified atom stereocenters. The average molecular weight is 336 g/mol. The van der Waals surface area contributed by atoms with Crippen molar-refractivity contribution in [1.29, 1.82) is 0 Å². The number of rotatable bonds is 3. The molecule has 3 fully saturated rings. The van der Waals surface area contributed by atoms with Crippen LogP contribution in [0.5, 0.6) is 0 Å². The van der Waals surface area contributed by atoms with Gasteiger partial charge in [-0.25, -0.2) is 0 Å². The van der Waals surface area contributed by atoms with E-state index in [0.29, 0.717) is 6.10 Å². The number of hydrogen-bond acceptors (Lipinski definition) is 2. The first kappa shape index (κ1) is 12.8. The molecule has 0 spiro atoms. The van der Waals surface area contributed by atoms with Crippen LogP contribution in [0.1, 0.15) is 37.7 Å². The molecule has 2 heterocycles. The number of benzene rings is 1. The van der Waals surface area contributed by atoms with Crippen LogP contribution in [-0.2, 0) is 15.1 Å². The molecule has 1 amide bonds. The predicted molar refractivity (Wildman–Crippen MR) is 79.2 cm³/mol. The predicted octanol–water partition coefficient (Wildman–Crippen LogP) is 3.12. The molecule has 1 saturated carbocycles. The molecule has 2 saturated heterocycles. The van der Waals surface area contributed by atoms with E-state index in [1.165, 1.54) is 5.56 Å². The minimum absolute atomic E-state index is 0.0710. The van der Waals surface area contributed by atoms with Gasteiger partial charge < -0.3 is 10.1 Å². The van der Waals surface area contributed by atoms with E-state index in [9.17, 15) is 4.79 Å². The highest BCUT2D eigenvalue weighted by atomic mass is 79.9. The van der Waals surface area contributed by atoms with E-state index < -0.39 is 0 Å². The van der Waals surface area contributed by atoms with Gasteiger partial charge in [-0.05, 0) is 49.8 Å². The molecule has 3 aliphatic rings. The normalized spacial score (nSPS) is 33.1. The molecule has 3 atom stereocenters. The molecule has 0 aromatic heterocycles. The molecule has 1 aromatic rings. The largest absolute Gasteiger partial charge is 0.374 e. The summed E-state index contributed by atoms with van der Waals surface area (Å²) < 4.78 is 6.87. The lowest BCUT2D eigenvalue weighted by Crippen LogP contribution is -2.42. The van der Waals surface area contributed by atoms with Crippen molar-refractivity contribution >= 4 is 21.8 Å². The fourth-order valence-corrected chi connectivity index (χ4v) is 3.89. The summed E-state index contributed by atoms with van der Waals surface area (Å²) in [5, 5.41) is 3.30. The smallest absolute Gasteiger partial charge is 0.226 e. The molecule has 1 aromatic carbocycles. The molecule has 2 bridgehead atoms. The van der Waals surface area contributed by atoms with Crippen molar-refractivity contribution in [3.63, 3.8) is 0 Å². The first-order valence-electron chi connectivity index (χ1n) is 7.40. The Morgan fingerprint density at radius 1 is 1.25 bits per heavy atom. The van der Waals surface area contributed by atoms with Crippen LogP contribution in [0.15, 0.2) is 28.7 Å². The zero-order valence-corrected chi connectivity index (χ0v) is 12.9. The molecule has 4 rings (SSSR count). The summed E-state index contributed by atoms with van der Waals surface area (Å²) in [5.41, 5.74) is 1.11. The maximum atomic E-state index is 12.5. The van der Waals surface area contributed by atoms with E-state index in [2.05, 4.69) is 33.4 Å². The second-order valence-electron chi connectivity index (χ2n) is 6.29. The van der Waals surface area contributed by atoms with Crippen LogP contribution >= 0.6 is 15.9 Å². The van der Waals surface area contributed by atoms with Crippen LogP contribution in [0.2, 0.25) is 0 Å². The highest BCUT2D eigenvalue weighted by Crippen LogP contribution is 2.47. The lowest BCUT2D eigenvalue weighted by Gasteiger charge is -2.23. The van der Waals surface area contributed by atoms with Crippen LogP contribution in [0.25, 0.3) is 0 Å². The number of fused-ring (bicyclic) bond motifs is 2. The summed E-state index contributed by atoms with van der Waals surface area (Å²) in [5.74, 6) is 0.263. The number of halogens is 1. The minimum atomic E-state index is -0.111. The van der Waals surface area contributed by atoms with Crippen molar-refractivity contribution in [2.24, 2.45) is 5.92 Å². The first-order chi connectivity index (χ1) is 9.66. The number of carbonyl (C=O) groups excluding carboxylic acids is 1. The monoisotopic (exact) mass is 335 g/mol. The molecule has 4 heteroatoms. The Labute approximate surface area is 127 Å². The Morgan fingerprint density at radius 2 is 2.00 bits per heavy atom. The molecule has 1 aliphatic carbocycles. The van der Waals surface area contributed by atoms with Gasteiger partial charge >= 0.3 is 0 Å². The first-order valence-corrected chi connectivity index (χ1v) is 8.19. The van der Waals surface area contributed by atoms with E-state index in [-0.39, 0.29) is 23.5 Å². The topological polar surface area (TPSA) is 38.3 Å². The minimum Gasteiger partial charge on any atom is -0.374 e. The van der Waals surface area contributed by atoms with Crippen LogP contribution in [0.3, 0.4) is 0 Å². The van der Waals surface area contributed by atoms with E-state index >= 15 is 0 Å². The van der Waals surface area contributed by atoms with Gasteiger partial charge in [0.25, 0.3) is 0 Å². The molecule has 2 aliphatic heterocycles. The van der Waals surface area contributed by atoms with Gasteiger partial charge in [0, 0.05) is 4.47 Å². The third-order valence-electron chi connectivity index (χ3n) is 4.95. The number of ether oxygens (including phenoxy) is 1. The van der Waals surface area contributed by atoms with Crippen LogP contribution < -0.4 is 5.32 Å². The summed E-state index contributed by atoms with van der Waals surface area (Å²) in [6.07, 6.45) is 5.68. The quantitative estimate of drug-likeness (QED) is 0.921. The van der Waals surface area contributed by atoms with Crippen molar-refractivity contribution in [2.45, 2.75) is 49.9 Å². The van der Waals surface area contributed by atoms with Crippen LogP contribution in [0, 0.1) is 5.92 Å². The fourth-order valence-electron chi connectivity index (χ4n) is 3.62. The second kappa shape index (κ2) is 4.57. The Hall–Kier alpha value is -0.870. The fraction of sp³-hybridized carbons (Fsp3) is 0.562. The zero-order valence-electron chi connectivity index (χ0n) is 11.3. The van der Waals surface area contributed by atoms with Crippen LogP contribution in [-0.4, -0.2) is 18.1 Å². The van der Waals surface area contributed by atoms with E-state index in [4.69, 9.17) is 4.74 Å². The van der Waals surface area contributed by atoms with Crippen molar-refractivity contribution in [2.75, 3.05) is 0 Å². The summed E-state index contributed by atoms with van der Waals surface area (Å²) >= 11 is 3.46. The van der Waals surface area contributed by atoms with Gasteiger partial charge in [-0.3, -0.25) is 4.79 Å². The van der Waals surface area contributed by atoms with E-state index in [1.807, 2.05) is 12.1 Å². The van der Waals surface area contributed by atoms with E-state index in [1.54, 1.807) is 0 Å². The third kappa shape index (κ3) is 2.09. The number of carbonyl (C=O) groups is 1. The van der Waals surface area contributed by atoms with Crippen LogP contribution in [0.4, 0.5) is 0 Å². The van der Waals surface area contributed by atoms with Crippen molar-refractivity contribution < 1.29 is 9.53 Å².